The van der Waals surface area contributed by atoms with Crippen molar-refractivity contribution in [2.45, 2.75) is 26.5 Å². The average Bonchev–Trinajstić information content (AvgIpc) is 3.22. The highest BCUT2D eigenvalue weighted by Gasteiger charge is 2.15. The Balaban J connectivity index is 1.76. The van der Waals surface area contributed by atoms with E-state index in [1.165, 1.54) is 28.0 Å². The highest BCUT2D eigenvalue weighted by Crippen LogP contribution is 2.35. The van der Waals surface area contributed by atoms with Gasteiger partial charge in [-0.2, -0.15) is 0 Å². The number of carbonyl (C=O) groups excluding carboxylic acids is 1. The molecule has 0 saturated carbocycles. The molecule has 0 atom stereocenters. The first-order valence-corrected chi connectivity index (χ1v) is 11.3. The predicted molar refractivity (Wildman–Crippen MR) is 112 cm³/mol. The second-order valence-corrected chi connectivity index (χ2v) is 8.94. The van der Waals surface area contributed by atoms with Gasteiger partial charge in [-0.15, -0.1) is 34.4 Å². The third kappa shape index (κ3) is 4.02. The minimum atomic E-state index is -0.108. The summed E-state index contributed by atoms with van der Waals surface area (Å²) < 4.78 is 0. The minimum Gasteiger partial charge on any atom is -0.343 e. The van der Waals surface area contributed by atoms with Crippen LogP contribution >= 0.6 is 34.4 Å². The number of rotatable bonds is 7. The number of amides is 1. The number of hydrogen-bond donors (Lipinski definition) is 1. The van der Waals surface area contributed by atoms with E-state index in [0.29, 0.717) is 22.7 Å². The fourth-order valence-corrected chi connectivity index (χ4v) is 5.44. The second kappa shape index (κ2) is 8.37. The molecule has 3 heterocycles. The number of nitrogens with one attached hydrogen (secondary N) is 1. The summed E-state index contributed by atoms with van der Waals surface area (Å²) in [6, 6.07) is 4.10. The SMILES string of the molecule is CCN(CC)C(=O)CSCc1nc2scc(-c3ccc(C)s3)c2c(=O)[nH]1. The Morgan fingerprint density at radius 1 is 1.31 bits per heavy atom. The smallest absolute Gasteiger partial charge is 0.260 e. The molecule has 0 fully saturated rings. The molecule has 5 nitrogen and oxygen atoms in total. The number of nitrogens with zero attached hydrogens (tertiary/aromatic N) is 2. The van der Waals surface area contributed by atoms with Gasteiger partial charge in [0.2, 0.25) is 5.91 Å². The lowest BCUT2D eigenvalue weighted by atomic mass is 10.2. The summed E-state index contributed by atoms with van der Waals surface area (Å²) in [4.78, 5) is 37.0. The van der Waals surface area contributed by atoms with Crippen molar-refractivity contribution in [2.75, 3.05) is 18.8 Å². The third-order valence-electron chi connectivity index (χ3n) is 4.08. The largest absolute Gasteiger partial charge is 0.343 e. The van der Waals surface area contributed by atoms with Crippen LogP contribution in [0.15, 0.2) is 22.3 Å². The molecule has 138 valence electrons. The molecule has 0 aromatic carbocycles. The van der Waals surface area contributed by atoms with Crippen LogP contribution in [0.5, 0.6) is 0 Å². The van der Waals surface area contributed by atoms with Crippen molar-refractivity contribution in [3.63, 3.8) is 0 Å². The lowest BCUT2D eigenvalue weighted by molar-refractivity contribution is -0.127. The molecular weight excluding hydrogens is 386 g/mol. The molecule has 1 amide bonds. The Bertz CT molecular complexity index is 970. The average molecular weight is 408 g/mol. The van der Waals surface area contributed by atoms with E-state index in [1.807, 2.05) is 25.3 Å². The van der Waals surface area contributed by atoms with Gasteiger partial charge in [0.05, 0.1) is 16.9 Å². The van der Waals surface area contributed by atoms with E-state index in [4.69, 9.17) is 0 Å². The normalized spacial score (nSPS) is 11.2. The zero-order valence-electron chi connectivity index (χ0n) is 15.0. The van der Waals surface area contributed by atoms with E-state index in [1.54, 1.807) is 16.2 Å². The summed E-state index contributed by atoms with van der Waals surface area (Å²) in [5.74, 6) is 1.66. The van der Waals surface area contributed by atoms with Crippen molar-refractivity contribution in [3.8, 4) is 10.4 Å². The van der Waals surface area contributed by atoms with Crippen LogP contribution < -0.4 is 5.56 Å². The maximum atomic E-state index is 12.6. The highest BCUT2D eigenvalue weighted by atomic mass is 32.2. The molecule has 0 saturated heterocycles. The molecule has 0 bridgehead atoms. The Kier molecular flexibility index (Phi) is 6.16. The van der Waals surface area contributed by atoms with E-state index in [0.717, 1.165) is 28.4 Å². The number of fused-ring (bicyclic) bond motifs is 1. The van der Waals surface area contributed by atoms with Crippen LogP contribution in [-0.4, -0.2) is 39.6 Å². The van der Waals surface area contributed by atoms with Crippen LogP contribution in [0.3, 0.4) is 0 Å². The van der Waals surface area contributed by atoms with E-state index >= 15 is 0 Å². The van der Waals surface area contributed by atoms with Gasteiger partial charge < -0.3 is 9.88 Å². The number of aromatic nitrogens is 2. The van der Waals surface area contributed by atoms with Crippen molar-refractivity contribution in [2.24, 2.45) is 0 Å². The molecule has 0 aliphatic heterocycles. The summed E-state index contributed by atoms with van der Waals surface area (Å²) in [5, 5.41) is 2.66. The molecule has 0 unspecified atom stereocenters. The quantitative estimate of drug-likeness (QED) is 0.640. The van der Waals surface area contributed by atoms with E-state index in [2.05, 4.69) is 23.0 Å². The number of aryl methyl sites for hydroxylation is 1. The summed E-state index contributed by atoms with van der Waals surface area (Å²) >= 11 is 4.65. The summed E-state index contributed by atoms with van der Waals surface area (Å²) in [5.41, 5.74) is 0.843. The number of hydrogen-bond acceptors (Lipinski definition) is 6. The molecule has 1 N–H and O–H groups in total. The van der Waals surface area contributed by atoms with Crippen molar-refractivity contribution in [1.82, 2.24) is 14.9 Å². The molecule has 0 radical (unpaired) electrons. The van der Waals surface area contributed by atoms with Crippen LogP contribution in [0.4, 0.5) is 0 Å². The first-order valence-electron chi connectivity index (χ1n) is 8.46. The van der Waals surface area contributed by atoms with Crippen LogP contribution in [0.25, 0.3) is 20.7 Å². The Labute approximate surface area is 164 Å². The van der Waals surface area contributed by atoms with Crippen molar-refractivity contribution >= 4 is 50.6 Å². The Hall–Kier alpha value is -1.64. The molecule has 3 aromatic rings. The highest BCUT2D eigenvalue weighted by molar-refractivity contribution is 7.99. The molecule has 0 aliphatic rings. The zero-order chi connectivity index (χ0) is 18.7. The van der Waals surface area contributed by atoms with E-state index in [9.17, 15) is 9.59 Å². The zero-order valence-corrected chi connectivity index (χ0v) is 17.4. The van der Waals surface area contributed by atoms with Crippen molar-refractivity contribution in [3.05, 3.63) is 38.6 Å². The molecule has 0 aliphatic carbocycles. The first kappa shape index (κ1) is 19.1. The summed E-state index contributed by atoms with van der Waals surface area (Å²) in [6.07, 6.45) is 0. The van der Waals surface area contributed by atoms with Gasteiger partial charge >= 0.3 is 0 Å². The van der Waals surface area contributed by atoms with Crippen LogP contribution in [0.2, 0.25) is 0 Å². The Morgan fingerprint density at radius 2 is 2.08 bits per heavy atom. The monoisotopic (exact) mass is 407 g/mol. The predicted octanol–water partition coefficient (Wildman–Crippen LogP) is 4.12. The van der Waals surface area contributed by atoms with Gasteiger partial charge in [-0.25, -0.2) is 4.98 Å². The molecule has 3 aromatic heterocycles. The fraction of sp³-hybridized carbons (Fsp3) is 0.389. The maximum absolute atomic E-state index is 12.6. The summed E-state index contributed by atoms with van der Waals surface area (Å²) in [7, 11) is 0. The van der Waals surface area contributed by atoms with E-state index < -0.39 is 0 Å². The molecule has 3 rings (SSSR count). The van der Waals surface area contributed by atoms with Crippen LogP contribution in [-0.2, 0) is 10.5 Å². The number of H-pyrrole nitrogens is 1. The minimum absolute atomic E-state index is 0.108. The number of thiophene rings is 2. The molecule has 0 spiro atoms. The molecule has 8 heteroatoms. The van der Waals surface area contributed by atoms with Gasteiger partial charge in [0.15, 0.2) is 0 Å². The molecular formula is C18H21N3O2S3. The van der Waals surface area contributed by atoms with Gasteiger partial charge in [0.1, 0.15) is 10.7 Å². The van der Waals surface area contributed by atoms with Gasteiger partial charge in [-0.3, -0.25) is 9.59 Å². The maximum Gasteiger partial charge on any atom is 0.260 e. The topological polar surface area (TPSA) is 66.1 Å². The van der Waals surface area contributed by atoms with Gasteiger partial charge in [-0.05, 0) is 32.9 Å². The summed E-state index contributed by atoms with van der Waals surface area (Å²) in [6.45, 7) is 7.44. The number of carbonyl (C=O) groups is 1. The lowest BCUT2D eigenvalue weighted by Gasteiger charge is -2.17. The van der Waals surface area contributed by atoms with Crippen LogP contribution in [0.1, 0.15) is 24.5 Å². The van der Waals surface area contributed by atoms with Crippen molar-refractivity contribution < 1.29 is 4.79 Å². The molecule has 26 heavy (non-hydrogen) atoms. The van der Waals surface area contributed by atoms with E-state index in [-0.39, 0.29) is 11.5 Å². The third-order valence-corrected chi connectivity index (χ3v) is 6.91. The van der Waals surface area contributed by atoms with Crippen LogP contribution in [0, 0.1) is 6.92 Å². The fourth-order valence-electron chi connectivity index (χ4n) is 2.73. The number of thioether (sulfide) groups is 1. The number of aromatic amines is 1. The lowest BCUT2D eigenvalue weighted by Crippen LogP contribution is -2.31. The van der Waals surface area contributed by atoms with Crippen molar-refractivity contribution in [1.29, 1.82) is 0 Å². The second-order valence-electron chi connectivity index (χ2n) is 5.81. The van der Waals surface area contributed by atoms with Gasteiger partial charge in [0, 0.05) is 33.8 Å². The Morgan fingerprint density at radius 3 is 2.73 bits per heavy atom. The van der Waals surface area contributed by atoms with Gasteiger partial charge in [-0.1, -0.05) is 0 Å². The standard InChI is InChI=1S/C18H21N3O2S3/c1-4-21(5-2)15(22)10-24-9-14-19-17(23)16-12(8-25-18(16)20-14)13-7-6-11(3)26-13/h6-8H,4-5,9-10H2,1-3H3,(H,19,20,23). The van der Waals surface area contributed by atoms with Gasteiger partial charge in [0.25, 0.3) is 5.56 Å². The first-order chi connectivity index (χ1) is 12.5.